The summed E-state index contributed by atoms with van der Waals surface area (Å²) in [6, 6.07) is 11.8. The molecule has 120 valence electrons. The molecule has 23 heavy (non-hydrogen) atoms. The fourth-order valence-corrected chi connectivity index (χ4v) is 4.16. The third-order valence-electron chi connectivity index (χ3n) is 2.21. The SMILES string of the molecule is O=S(=O)([O-])c1ccccc1Br.O=S(=O)([O-])c1ccccc1Br.[Ca+2]. The molecule has 0 amide bonds. The molecule has 0 atom stereocenters. The molecule has 0 bridgehead atoms. The van der Waals surface area contributed by atoms with Crippen molar-refractivity contribution < 1.29 is 25.9 Å². The zero-order valence-corrected chi connectivity index (χ0v) is 18.4. The molecule has 0 saturated heterocycles. The summed E-state index contributed by atoms with van der Waals surface area (Å²) in [5.74, 6) is 0. The van der Waals surface area contributed by atoms with Crippen LogP contribution < -0.4 is 0 Å². The first-order valence-electron chi connectivity index (χ1n) is 5.44. The molecule has 11 heteroatoms. The van der Waals surface area contributed by atoms with Crippen LogP contribution in [0.3, 0.4) is 0 Å². The van der Waals surface area contributed by atoms with Gasteiger partial charge in [0.2, 0.25) is 0 Å². The molecule has 0 heterocycles. The summed E-state index contributed by atoms with van der Waals surface area (Å²) >= 11 is 5.91. The summed E-state index contributed by atoms with van der Waals surface area (Å²) in [7, 11) is -8.66. The molecule has 0 radical (unpaired) electrons. The Morgan fingerprint density at radius 1 is 0.652 bits per heavy atom. The second-order valence-corrected chi connectivity index (χ2v) is 8.17. The van der Waals surface area contributed by atoms with Crippen molar-refractivity contribution in [2.24, 2.45) is 0 Å². The molecule has 6 nitrogen and oxygen atoms in total. The molecule has 0 N–H and O–H groups in total. The fraction of sp³-hybridized carbons (Fsp3) is 0. The Morgan fingerprint density at radius 3 is 1.09 bits per heavy atom. The summed E-state index contributed by atoms with van der Waals surface area (Å²) in [6.07, 6.45) is 0. The van der Waals surface area contributed by atoms with Crippen molar-refractivity contribution in [1.29, 1.82) is 0 Å². The quantitative estimate of drug-likeness (QED) is 0.451. The molecule has 0 unspecified atom stereocenters. The third-order valence-corrected chi connectivity index (χ3v) is 5.91. The second kappa shape index (κ2) is 9.83. The van der Waals surface area contributed by atoms with Crippen LogP contribution in [0.4, 0.5) is 0 Å². The first kappa shape index (κ1) is 23.5. The summed E-state index contributed by atoms with van der Waals surface area (Å²) in [6.45, 7) is 0. The Morgan fingerprint density at radius 2 is 0.913 bits per heavy atom. The van der Waals surface area contributed by atoms with E-state index in [0.29, 0.717) is 8.95 Å². The van der Waals surface area contributed by atoms with Crippen LogP contribution in [0, 0.1) is 0 Å². The van der Waals surface area contributed by atoms with Crippen LogP contribution in [0.2, 0.25) is 0 Å². The maximum Gasteiger partial charge on any atom is 2.00 e. The standard InChI is InChI=1S/2C6H5BrO3S.Ca/c2*7-5-3-1-2-4-6(5)11(8,9)10;/h2*1-4H,(H,8,9,10);/q;;+2/p-2. The van der Waals surface area contributed by atoms with Crippen LogP contribution in [-0.2, 0) is 20.2 Å². The minimum absolute atomic E-state index is 0. The molecule has 2 aromatic rings. The van der Waals surface area contributed by atoms with E-state index < -0.39 is 20.2 Å². The average molecular weight is 512 g/mol. The van der Waals surface area contributed by atoms with Crippen LogP contribution in [0.15, 0.2) is 67.3 Å². The minimum atomic E-state index is -4.33. The molecule has 0 aliphatic heterocycles. The fourth-order valence-electron chi connectivity index (χ4n) is 1.29. The molecule has 0 aliphatic rings. The normalized spacial score (nSPS) is 11.0. The Bertz CT molecular complexity index is 795. The topological polar surface area (TPSA) is 114 Å². The van der Waals surface area contributed by atoms with Crippen LogP contribution in [0.25, 0.3) is 0 Å². The first-order chi connectivity index (χ1) is 10.0. The van der Waals surface area contributed by atoms with Crippen LogP contribution in [-0.4, -0.2) is 63.7 Å². The van der Waals surface area contributed by atoms with E-state index in [1.54, 1.807) is 12.1 Å². The van der Waals surface area contributed by atoms with Crippen LogP contribution in [0.1, 0.15) is 0 Å². The maximum absolute atomic E-state index is 10.5. The van der Waals surface area contributed by atoms with E-state index in [1.165, 1.54) is 36.4 Å². The minimum Gasteiger partial charge on any atom is -0.744 e. The van der Waals surface area contributed by atoms with Gasteiger partial charge in [0.05, 0.1) is 9.79 Å². The predicted molar refractivity (Wildman–Crippen MR) is 90.0 cm³/mol. The Hall–Kier alpha value is 0.480. The Balaban J connectivity index is 0.000000403. The molecule has 0 fully saturated rings. The number of rotatable bonds is 2. The van der Waals surface area contributed by atoms with Gasteiger partial charge in [-0.25, -0.2) is 16.8 Å². The largest absolute Gasteiger partial charge is 2.00 e. The van der Waals surface area contributed by atoms with E-state index in [-0.39, 0.29) is 47.5 Å². The first-order valence-corrected chi connectivity index (χ1v) is 9.84. The van der Waals surface area contributed by atoms with E-state index in [1.807, 2.05) is 0 Å². The molecule has 0 spiro atoms. The van der Waals surface area contributed by atoms with E-state index in [4.69, 9.17) is 0 Å². The molecule has 0 aromatic heterocycles. The Labute approximate surface area is 181 Å². The molecule has 2 aromatic carbocycles. The van der Waals surface area contributed by atoms with Gasteiger partial charge in [-0.3, -0.25) is 0 Å². The van der Waals surface area contributed by atoms with Gasteiger partial charge in [-0.15, -0.1) is 0 Å². The number of hydrogen-bond donors (Lipinski definition) is 0. The zero-order valence-electron chi connectivity index (χ0n) is 11.3. The van der Waals surface area contributed by atoms with E-state index in [9.17, 15) is 25.9 Å². The van der Waals surface area contributed by atoms with Gasteiger partial charge < -0.3 is 9.11 Å². The summed E-state index contributed by atoms with van der Waals surface area (Å²) in [5.41, 5.74) is 0. The summed E-state index contributed by atoms with van der Waals surface area (Å²) in [4.78, 5) is -0.444. The Kier molecular flexibility index (Phi) is 10.0. The number of benzene rings is 2. The maximum atomic E-state index is 10.5. The van der Waals surface area contributed by atoms with Crippen molar-refractivity contribution in [3.63, 3.8) is 0 Å². The van der Waals surface area contributed by atoms with E-state index >= 15 is 0 Å². The van der Waals surface area contributed by atoms with Crippen LogP contribution >= 0.6 is 31.9 Å². The van der Waals surface area contributed by atoms with Gasteiger partial charge in [0.15, 0.2) is 0 Å². The number of hydrogen-bond acceptors (Lipinski definition) is 6. The van der Waals surface area contributed by atoms with E-state index in [2.05, 4.69) is 31.9 Å². The summed E-state index contributed by atoms with van der Waals surface area (Å²) in [5, 5.41) is 0. The zero-order chi connectivity index (χ0) is 17.0. The van der Waals surface area contributed by atoms with Crippen molar-refractivity contribution in [1.82, 2.24) is 0 Å². The van der Waals surface area contributed by atoms with Crippen molar-refractivity contribution in [3.05, 3.63) is 57.5 Å². The van der Waals surface area contributed by atoms with Gasteiger partial charge in [0, 0.05) is 8.95 Å². The average Bonchev–Trinajstić information content (AvgIpc) is 2.37. The number of halogens is 2. The van der Waals surface area contributed by atoms with Gasteiger partial charge in [-0.2, -0.15) is 0 Å². The monoisotopic (exact) mass is 510 g/mol. The van der Waals surface area contributed by atoms with Crippen molar-refractivity contribution in [3.8, 4) is 0 Å². The second-order valence-electron chi connectivity index (χ2n) is 3.77. The molecule has 0 saturated carbocycles. The molecule has 2 rings (SSSR count). The van der Waals surface area contributed by atoms with E-state index in [0.717, 1.165) is 0 Å². The summed E-state index contributed by atoms with van der Waals surface area (Å²) < 4.78 is 63.4. The predicted octanol–water partition coefficient (Wildman–Crippen LogP) is 2.33. The van der Waals surface area contributed by atoms with Crippen molar-refractivity contribution in [2.45, 2.75) is 9.79 Å². The smallest absolute Gasteiger partial charge is 0.744 e. The van der Waals surface area contributed by atoms with Gasteiger partial charge in [-0.05, 0) is 56.1 Å². The van der Waals surface area contributed by atoms with Gasteiger partial charge in [0.25, 0.3) is 0 Å². The van der Waals surface area contributed by atoms with Gasteiger partial charge >= 0.3 is 37.7 Å². The van der Waals surface area contributed by atoms with Crippen molar-refractivity contribution >= 4 is 89.8 Å². The van der Waals surface area contributed by atoms with Crippen LogP contribution in [0.5, 0.6) is 0 Å². The molecular weight excluding hydrogens is 504 g/mol. The van der Waals surface area contributed by atoms with Gasteiger partial charge in [0.1, 0.15) is 20.2 Å². The molecular formula is C12H8Br2CaO6S2. The van der Waals surface area contributed by atoms with Gasteiger partial charge in [-0.1, -0.05) is 24.3 Å². The third kappa shape index (κ3) is 7.93. The molecule has 0 aliphatic carbocycles. The van der Waals surface area contributed by atoms with Crippen molar-refractivity contribution in [2.75, 3.05) is 0 Å².